The Morgan fingerprint density at radius 3 is 2.83 bits per heavy atom. The highest BCUT2D eigenvalue weighted by Gasteiger charge is 2.29. The molecule has 0 aromatic heterocycles. The van der Waals surface area contributed by atoms with Crippen LogP contribution in [0.5, 0.6) is 5.75 Å². The lowest BCUT2D eigenvalue weighted by Gasteiger charge is -2.13. The van der Waals surface area contributed by atoms with Crippen LogP contribution in [0.2, 0.25) is 0 Å². The zero-order valence-electron chi connectivity index (χ0n) is 10.0. The average Bonchev–Trinajstić information content (AvgIpc) is 2.83. The maximum atomic E-state index is 11.3. The van der Waals surface area contributed by atoms with Gasteiger partial charge in [-0.2, -0.15) is 0 Å². The van der Waals surface area contributed by atoms with Crippen molar-refractivity contribution in [2.24, 2.45) is 0 Å². The highest BCUT2D eigenvalue weighted by atomic mass is 32.2. The Balaban J connectivity index is 1.75. The van der Waals surface area contributed by atoms with Gasteiger partial charge >= 0.3 is 0 Å². The van der Waals surface area contributed by atoms with Crippen molar-refractivity contribution in [2.45, 2.75) is 31.5 Å². The minimum absolute atomic E-state index is 0.118. The van der Waals surface area contributed by atoms with Gasteiger partial charge < -0.3 is 9.84 Å². The van der Waals surface area contributed by atoms with Crippen molar-refractivity contribution in [3.63, 3.8) is 0 Å². The third-order valence-electron chi connectivity index (χ3n) is 3.65. The van der Waals surface area contributed by atoms with E-state index in [1.807, 2.05) is 18.2 Å². The van der Waals surface area contributed by atoms with E-state index < -0.39 is 9.84 Å². The van der Waals surface area contributed by atoms with Crippen molar-refractivity contribution in [3.05, 3.63) is 29.3 Å². The van der Waals surface area contributed by atoms with E-state index in [-0.39, 0.29) is 23.7 Å². The first-order valence-electron chi connectivity index (χ1n) is 6.21. The molecule has 0 spiro atoms. The SMILES string of the molecule is O=S1(=O)CCC(Oc2ccc3c(c2)CCC3O)C1. The van der Waals surface area contributed by atoms with Crippen LogP contribution in [0.15, 0.2) is 18.2 Å². The van der Waals surface area contributed by atoms with Crippen LogP contribution >= 0.6 is 0 Å². The van der Waals surface area contributed by atoms with Crippen LogP contribution in [0.3, 0.4) is 0 Å². The summed E-state index contributed by atoms with van der Waals surface area (Å²) in [6.07, 6.45) is 1.61. The minimum Gasteiger partial charge on any atom is -0.489 e. The number of aliphatic hydroxyl groups excluding tert-OH is 1. The van der Waals surface area contributed by atoms with E-state index in [1.165, 1.54) is 0 Å². The molecule has 18 heavy (non-hydrogen) atoms. The number of hydrogen-bond donors (Lipinski definition) is 1. The third kappa shape index (κ3) is 2.24. The van der Waals surface area contributed by atoms with E-state index in [1.54, 1.807) is 0 Å². The third-order valence-corrected chi connectivity index (χ3v) is 5.39. The van der Waals surface area contributed by atoms with E-state index in [0.717, 1.165) is 24.0 Å². The summed E-state index contributed by atoms with van der Waals surface area (Å²) in [7, 11) is -2.90. The van der Waals surface area contributed by atoms with Crippen molar-refractivity contribution >= 4 is 9.84 Å². The van der Waals surface area contributed by atoms with Gasteiger partial charge in [0.2, 0.25) is 0 Å². The Morgan fingerprint density at radius 1 is 1.28 bits per heavy atom. The molecule has 5 heteroatoms. The van der Waals surface area contributed by atoms with Gasteiger partial charge in [0.1, 0.15) is 11.9 Å². The summed E-state index contributed by atoms with van der Waals surface area (Å²) in [5, 5.41) is 9.70. The lowest BCUT2D eigenvalue weighted by atomic mass is 10.1. The molecule has 3 rings (SSSR count). The van der Waals surface area contributed by atoms with Crippen molar-refractivity contribution < 1.29 is 18.3 Å². The summed E-state index contributed by atoms with van der Waals surface area (Å²) in [6.45, 7) is 0. The van der Waals surface area contributed by atoms with Crippen molar-refractivity contribution in [1.82, 2.24) is 0 Å². The predicted molar refractivity (Wildman–Crippen MR) is 67.4 cm³/mol. The van der Waals surface area contributed by atoms with Crippen molar-refractivity contribution in [2.75, 3.05) is 11.5 Å². The van der Waals surface area contributed by atoms with Crippen LogP contribution in [0.25, 0.3) is 0 Å². The first kappa shape index (κ1) is 12.0. The summed E-state index contributed by atoms with van der Waals surface area (Å²) in [5.41, 5.74) is 2.09. The lowest BCUT2D eigenvalue weighted by Crippen LogP contribution is -2.17. The van der Waals surface area contributed by atoms with Crippen LogP contribution in [-0.2, 0) is 16.3 Å². The normalized spacial score (nSPS) is 29.2. The fourth-order valence-electron chi connectivity index (χ4n) is 2.69. The molecule has 1 aromatic carbocycles. The standard InChI is InChI=1S/C13H16O4S/c14-13-4-1-9-7-10(2-3-12(9)13)17-11-5-6-18(15,16)8-11/h2-3,7,11,13-14H,1,4-6,8H2. The number of aryl methyl sites for hydroxylation is 1. The van der Waals surface area contributed by atoms with Gasteiger partial charge in [-0.3, -0.25) is 0 Å². The summed E-state index contributed by atoms with van der Waals surface area (Å²) in [4.78, 5) is 0. The second-order valence-electron chi connectivity index (χ2n) is 5.06. The predicted octanol–water partition coefficient (Wildman–Crippen LogP) is 1.23. The van der Waals surface area contributed by atoms with Crippen molar-refractivity contribution in [3.8, 4) is 5.75 Å². The van der Waals surface area contributed by atoms with Crippen LogP contribution in [0, 0.1) is 0 Å². The molecule has 1 fully saturated rings. The fourth-order valence-corrected chi connectivity index (χ4v) is 4.28. The first-order valence-corrected chi connectivity index (χ1v) is 8.04. The largest absolute Gasteiger partial charge is 0.489 e. The second-order valence-corrected chi connectivity index (χ2v) is 7.29. The molecule has 1 aromatic rings. The second kappa shape index (κ2) is 4.24. The van der Waals surface area contributed by atoms with Gasteiger partial charge in [0.15, 0.2) is 9.84 Å². The number of benzene rings is 1. The molecule has 1 aliphatic heterocycles. The molecule has 98 valence electrons. The molecule has 1 saturated heterocycles. The van der Waals surface area contributed by atoms with Gasteiger partial charge in [0.25, 0.3) is 0 Å². The molecule has 2 atom stereocenters. The fraction of sp³-hybridized carbons (Fsp3) is 0.538. The van der Waals surface area contributed by atoms with E-state index >= 15 is 0 Å². The van der Waals surface area contributed by atoms with E-state index in [0.29, 0.717) is 12.2 Å². The molecule has 2 unspecified atom stereocenters. The molecular weight excluding hydrogens is 252 g/mol. The summed E-state index contributed by atoms with van der Waals surface area (Å²) < 4.78 is 28.4. The van der Waals surface area contributed by atoms with Crippen LogP contribution in [0.4, 0.5) is 0 Å². The quantitative estimate of drug-likeness (QED) is 0.876. The highest BCUT2D eigenvalue weighted by molar-refractivity contribution is 7.91. The molecule has 4 nitrogen and oxygen atoms in total. The summed E-state index contributed by atoms with van der Waals surface area (Å²) >= 11 is 0. The number of hydrogen-bond acceptors (Lipinski definition) is 4. The maximum absolute atomic E-state index is 11.3. The monoisotopic (exact) mass is 268 g/mol. The van der Waals surface area contributed by atoms with Gasteiger partial charge in [0, 0.05) is 0 Å². The summed E-state index contributed by atoms with van der Waals surface area (Å²) in [5.74, 6) is 1.05. The van der Waals surface area contributed by atoms with Crippen LogP contribution in [0.1, 0.15) is 30.1 Å². The Labute approximate surface area is 107 Å². The zero-order valence-corrected chi connectivity index (χ0v) is 10.8. The topological polar surface area (TPSA) is 63.6 Å². The Kier molecular flexibility index (Phi) is 2.83. The molecular formula is C13H16O4S. The molecule has 0 saturated carbocycles. The van der Waals surface area contributed by atoms with Crippen LogP contribution < -0.4 is 4.74 Å². The highest BCUT2D eigenvalue weighted by Crippen LogP contribution is 2.33. The maximum Gasteiger partial charge on any atom is 0.154 e. The lowest BCUT2D eigenvalue weighted by molar-refractivity contribution is 0.180. The van der Waals surface area contributed by atoms with Crippen LogP contribution in [-0.4, -0.2) is 31.1 Å². The molecule has 0 bridgehead atoms. The van der Waals surface area contributed by atoms with Gasteiger partial charge in [-0.1, -0.05) is 6.07 Å². The number of sulfone groups is 1. The molecule has 0 radical (unpaired) electrons. The van der Waals surface area contributed by atoms with Gasteiger partial charge in [-0.05, 0) is 42.5 Å². The smallest absolute Gasteiger partial charge is 0.154 e. The Hall–Kier alpha value is -1.07. The molecule has 0 amide bonds. The van der Waals surface area contributed by atoms with E-state index in [2.05, 4.69) is 0 Å². The Morgan fingerprint density at radius 2 is 2.11 bits per heavy atom. The number of rotatable bonds is 2. The van der Waals surface area contributed by atoms with Gasteiger partial charge in [-0.25, -0.2) is 8.42 Å². The molecule has 1 N–H and O–H groups in total. The number of aliphatic hydroxyl groups is 1. The van der Waals surface area contributed by atoms with E-state index in [9.17, 15) is 13.5 Å². The molecule has 1 aliphatic carbocycles. The first-order chi connectivity index (χ1) is 8.53. The van der Waals surface area contributed by atoms with Crippen molar-refractivity contribution in [1.29, 1.82) is 0 Å². The molecule has 2 aliphatic rings. The minimum atomic E-state index is -2.90. The zero-order chi connectivity index (χ0) is 12.8. The Bertz CT molecular complexity index is 564. The van der Waals surface area contributed by atoms with Gasteiger partial charge in [-0.15, -0.1) is 0 Å². The average molecular weight is 268 g/mol. The molecule has 1 heterocycles. The van der Waals surface area contributed by atoms with Gasteiger partial charge in [0.05, 0.1) is 17.6 Å². The van der Waals surface area contributed by atoms with E-state index in [4.69, 9.17) is 4.74 Å². The number of fused-ring (bicyclic) bond motifs is 1. The summed E-state index contributed by atoms with van der Waals surface area (Å²) in [6, 6.07) is 5.63. The number of ether oxygens (including phenoxy) is 1.